The van der Waals surface area contributed by atoms with Crippen LogP contribution in [0.15, 0.2) is 18.2 Å². The minimum atomic E-state index is -1.93. The van der Waals surface area contributed by atoms with Crippen LogP contribution in [0, 0.1) is 0 Å². The molecule has 1 rings (SSSR count). The zero-order valence-electron chi connectivity index (χ0n) is 9.88. The van der Waals surface area contributed by atoms with E-state index in [1.165, 1.54) is 30.2 Å². The number of carbonyl (C=O) groups excluding carboxylic acids is 1. The molecule has 2 N–H and O–H groups in total. The fourth-order valence-corrected chi connectivity index (χ4v) is 1.27. The first-order chi connectivity index (χ1) is 7.95. The topological polar surface area (TPSA) is 79.2 Å². The number of ether oxygens (including phenoxy) is 1. The fraction of sp³-hybridized carbons (Fsp3) is 0.300. The first-order valence-electron chi connectivity index (χ1n) is 4.88. The van der Waals surface area contributed by atoms with Gasteiger partial charge >= 0.3 is 7.32 Å². The Morgan fingerprint density at radius 2 is 1.94 bits per heavy atom. The Labute approximate surface area is 99.6 Å². The third-order valence-electron chi connectivity index (χ3n) is 2.05. The van der Waals surface area contributed by atoms with Gasteiger partial charge in [0, 0.05) is 19.7 Å². The van der Waals surface area contributed by atoms with Crippen molar-refractivity contribution in [3.05, 3.63) is 23.8 Å². The molecule has 0 aromatic heterocycles. The number of carbonyl (C=O) groups is 1. The van der Waals surface area contributed by atoms with E-state index in [9.17, 15) is 4.79 Å². The standard InChI is InChI=1S/C10H14BNO5/c1-12(2)10(13)7-4-5-8(17-11(14)15)9(6-7)16-3/h4-6,14-15H,1-3H3. The molecule has 6 nitrogen and oxygen atoms in total. The Hall–Kier alpha value is -1.73. The van der Waals surface area contributed by atoms with Gasteiger partial charge in [-0.3, -0.25) is 4.79 Å². The molecular formula is C10H14BNO5. The zero-order chi connectivity index (χ0) is 13.0. The van der Waals surface area contributed by atoms with Crippen LogP contribution in [-0.4, -0.2) is 49.4 Å². The third-order valence-corrected chi connectivity index (χ3v) is 2.05. The predicted molar refractivity (Wildman–Crippen MR) is 61.8 cm³/mol. The van der Waals surface area contributed by atoms with E-state index in [-0.39, 0.29) is 17.4 Å². The smallest absolute Gasteiger partial charge is 0.509 e. The quantitative estimate of drug-likeness (QED) is 0.708. The maximum Gasteiger partial charge on any atom is 0.707 e. The van der Waals surface area contributed by atoms with Crippen LogP contribution >= 0.6 is 0 Å². The number of benzene rings is 1. The Balaban J connectivity index is 3.04. The largest absolute Gasteiger partial charge is 0.707 e. The predicted octanol–water partition coefficient (Wildman–Crippen LogP) is -0.255. The van der Waals surface area contributed by atoms with Crippen LogP contribution in [0.1, 0.15) is 10.4 Å². The molecule has 0 radical (unpaired) electrons. The number of amides is 1. The number of methoxy groups -OCH3 is 1. The van der Waals surface area contributed by atoms with E-state index in [4.69, 9.17) is 19.4 Å². The van der Waals surface area contributed by atoms with E-state index in [0.717, 1.165) is 0 Å². The number of hydrogen-bond acceptors (Lipinski definition) is 5. The molecule has 1 aromatic carbocycles. The van der Waals surface area contributed by atoms with Crippen molar-refractivity contribution in [2.75, 3.05) is 21.2 Å². The summed E-state index contributed by atoms with van der Waals surface area (Å²) in [5.41, 5.74) is 0.423. The van der Waals surface area contributed by atoms with Gasteiger partial charge in [0.05, 0.1) is 7.11 Å². The Kier molecular flexibility index (Phi) is 4.36. The fourth-order valence-electron chi connectivity index (χ4n) is 1.27. The Morgan fingerprint density at radius 3 is 2.41 bits per heavy atom. The first-order valence-corrected chi connectivity index (χ1v) is 4.88. The molecule has 0 atom stereocenters. The van der Waals surface area contributed by atoms with Gasteiger partial charge in [-0.1, -0.05) is 0 Å². The van der Waals surface area contributed by atoms with Crippen molar-refractivity contribution >= 4 is 13.2 Å². The summed E-state index contributed by atoms with van der Waals surface area (Å²) in [6.45, 7) is 0. The van der Waals surface area contributed by atoms with Gasteiger partial charge in [-0.2, -0.15) is 0 Å². The zero-order valence-corrected chi connectivity index (χ0v) is 9.88. The molecule has 0 saturated heterocycles. The van der Waals surface area contributed by atoms with Crippen molar-refractivity contribution in [2.45, 2.75) is 0 Å². The summed E-state index contributed by atoms with van der Waals surface area (Å²) in [7, 11) is 2.74. The van der Waals surface area contributed by atoms with Crippen molar-refractivity contribution in [1.82, 2.24) is 4.90 Å². The minimum Gasteiger partial charge on any atom is -0.509 e. The van der Waals surface area contributed by atoms with Crippen LogP contribution in [0.5, 0.6) is 11.5 Å². The maximum atomic E-state index is 11.7. The van der Waals surface area contributed by atoms with Crippen LogP contribution in [0.25, 0.3) is 0 Å². The molecule has 1 aromatic rings. The summed E-state index contributed by atoms with van der Waals surface area (Å²) in [5.74, 6) is 0.225. The van der Waals surface area contributed by atoms with Crippen LogP contribution in [0.4, 0.5) is 0 Å². The lowest BCUT2D eigenvalue weighted by atomic mass is 10.1. The first kappa shape index (κ1) is 13.3. The van der Waals surface area contributed by atoms with E-state index < -0.39 is 7.32 Å². The molecule has 0 aliphatic rings. The van der Waals surface area contributed by atoms with E-state index in [1.807, 2.05) is 0 Å². The number of nitrogens with zero attached hydrogens (tertiary/aromatic N) is 1. The Morgan fingerprint density at radius 1 is 1.29 bits per heavy atom. The van der Waals surface area contributed by atoms with E-state index >= 15 is 0 Å². The van der Waals surface area contributed by atoms with E-state index in [2.05, 4.69) is 0 Å². The summed E-state index contributed by atoms with van der Waals surface area (Å²) in [5, 5.41) is 17.4. The number of hydrogen-bond donors (Lipinski definition) is 2. The highest BCUT2D eigenvalue weighted by molar-refractivity contribution is 6.33. The minimum absolute atomic E-state index is 0.151. The van der Waals surface area contributed by atoms with Crippen molar-refractivity contribution in [1.29, 1.82) is 0 Å². The van der Waals surface area contributed by atoms with Crippen molar-refractivity contribution in [3.63, 3.8) is 0 Å². The highest BCUT2D eigenvalue weighted by Gasteiger charge is 2.17. The van der Waals surface area contributed by atoms with E-state index in [0.29, 0.717) is 5.56 Å². The van der Waals surface area contributed by atoms with Gasteiger partial charge in [0.2, 0.25) is 0 Å². The lowest BCUT2D eigenvalue weighted by molar-refractivity contribution is 0.0827. The SMILES string of the molecule is COc1cc(C(=O)N(C)C)ccc1OB(O)O. The highest BCUT2D eigenvalue weighted by Crippen LogP contribution is 2.28. The van der Waals surface area contributed by atoms with Gasteiger partial charge in [0.25, 0.3) is 5.91 Å². The second-order valence-corrected chi connectivity index (χ2v) is 3.51. The summed E-state index contributed by atoms with van der Waals surface area (Å²) >= 11 is 0. The van der Waals surface area contributed by atoms with Gasteiger partial charge in [-0.05, 0) is 18.2 Å². The molecular weight excluding hydrogens is 225 g/mol. The summed E-state index contributed by atoms with van der Waals surface area (Å²) in [6.07, 6.45) is 0. The molecule has 0 unspecified atom stereocenters. The average molecular weight is 239 g/mol. The second-order valence-electron chi connectivity index (χ2n) is 3.51. The molecule has 0 aliphatic carbocycles. The van der Waals surface area contributed by atoms with Gasteiger partial charge in [0.15, 0.2) is 5.75 Å². The monoisotopic (exact) mass is 239 g/mol. The van der Waals surface area contributed by atoms with Crippen LogP contribution in [0.2, 0.25) is 0 Å². The molecule has 0 fully saturated rings. The molecule has 17 heavy (non-hydrogen) atoms. The summed E-state index contributed by atoms with van der Waals surface area (Å²) in [4.78, 5) is 13.1. The Bertz CT molecular complexity index is 408. The van der Waals surface area contributed by atoms with Crippen LogP contribution < -0.4 is 9.39 Å². The molecule has 0 saturated carbocycles. The number of rotatable bonds is 4. The summed E-state index contributed by atoms with van der Waals surface area (Å²) < 4.78 is 9.69. The van der Waals surface area contributed by atoms with Gasteiger partial charge in [-0.15, -0.1) is 0 Å². The van der Waals surface area contributed by atoms with Gasteiger partial charge < -0.3 is 24.3 Å². The lowest BCUT2D eigenvalue weighted by Gasteiger charge is -2.14. The normalized spacial score (nSPS) is 9.71. The third kappa shape index (κ3) is 3.37. The second kappa shape index (κ2) is 5.56. The van der Waals surface area contributed by atoms with Crippen molar-refractivity contribution < 1.29 is 24.2 Å². The lowest BCUT2D eigenvalue weighted by Crippen LogP contribution is -2.23. The van der Waals surface area contributed by atoms with Crippen LogP contribution in [0.3, 0.4) is 0 Å². The highest BCUT2D eigenvalue weighted by atomic mass is 16.6. The summed E-state index contributed by atoms with van der Waals surface area (Å²) in [6, 6.07) is 4.43. The average Bonchev–Trinajstić information content (AvgIpc) is 2.27. The molecule has 0 heterocycles. The van der Waals surface area contributed by atoms with Crippen molar-refractivity contribution in [2.24, 2.45) is 0 Å². The molecule has 0 bridgehead atoms. The van der Waals surface area contributed by atoms with Crippen molar-refractivity contribution in [3.8, 4) is 11.5 Å². The van der Waals surface area contributed by atoms with Gasteiger partial charge in [-0.25, -0.2) is 0 Å². The molecule has 0 aliphatic heterocycles. The van der Waals surface area contributed by atoms with E-state index in [1.54, 1.807) is 14.1 Å². The maximum absolute atomic E-state index is 11.7. The van der Waals surface area contributed by atoms with Crippen LogP contribution in [-0.2, 0) is 0 Å². The molecule has 92 valence electrons. The van der Waals surface area contributed by atoms with Gasteiger partial charge in [0.1, 0.15) is 5.75 Å². The molecule has 1 amide bonds. The molecule has 0 spiro atoms. The molecule has 7 heteroatoms.